The number of hydrogen-bond donors (Lipinski definition) is 2. The van der Waals surface area contributed by atoms with Gasteiger partial charge in [-0.2, -0.15) is 0 Å². The molecule has 0 aromatic carbocycles. The van der Waals surface area contributed by atoms with Gasteiger partial charge in [0.25, 0.3) is 0 Å². The smallest absolute Gasteiger partial charge is 0.0701 e. The maximum absolute atomic E-state index is 5.59. The molecule has 2 aromatic heterocycles. The zero-order valence-corrected chi connectivity index (χ0v) is 12.8. The number of nitrogens with two attached hydrogens (primary N) is 1. The lowest BCUT2D eigenvalue weighted by atomic mass is 10.1. The first-order valence-electron chi connectivity index (χ1n) is 5.01. The van der Waals surface area contributed by atoms with Crippen LogP contribution in [-0.4, -0.2) is 4.98 Å². The van der Waals surface area contributed by atoms with Crippen molar-refractivity contribution >= 4 is 43.2 Å². The maximum atomic E-state index is 5.59. The SMILES string of the molecule is NNC(Cc1ccc(Br)s1)c1ccc(Br)cn1. The summed E-state index contributed by atoms with van der Waals surface area (Å²) < 4.78 is 2.10. The van der Waals surface area contributed by atoms with E-state index in [9.17, 15) is 0 Å². The molecule has 1 atom stereocenters. The molecule has 0 aliphatic rings. The Hall–Kier alpha value is -0.270. The van der Waals surface area contributed by atoms with E-state index in [1.54, 1.807) is 17.5 Å². The molecular formula is C11H11Br2N3S. The van der Waals surface area contributed by atoms with E-state index < -0.39 is 0 Å². The second-order valence-electron chi connectivity index (χ2n) is 3.53. The molecule has 0 amide bonds. The Balaban J connectivity index is 2.13. The van der Waals surface area contributed by atoms with Gasteiger partial charge in [-0.15, -0.1) is 11.3 Å². The minimum atomic E-state index is 0.0358. The molecule has 0 spiro atoms. The van der Waals surface area contributed by atoms with E-state index in [2.05, 4.69) is 48.3 Å². The third kappa shape index (κ3) is 3.59. The zero-order chi connectivity index (χ0) is 12.3. The Morgan fingerprint density at radius 3 is 2.65 bits per heavy atom. The van der Waals surface area contributed by atoms with E-state index >= 15 is 0 Å². The van der Waals surface area contributed by atoms with E-state index in [0.717, 1.165) is 20.4 Å². The molecule has 0 aliphatic heterocycles. The molecule has 3 nitrogen and oxygen atoms in total. The van der Waals surface area contributed by atoms with Crippen molar-refractivity contribution in [3.63, 3.8) is 0 Å². The van der Waals surface area contributed by atoms with Gasteiger partial charge < -0.3 is 0 Å². The Labute approximate surface area is 121 Å². The number of hydrazine groups is 1. The van der Waals surface area contributed by atoms with Crippen molar-refractivity contribution in [2.45, 2.75) is 12.5 Å². The van der Waals surface area contributed by atoms with Gasteiger partial charge in [-0.05, 0) is 56.1 Å². The molecule has 2 rings (SSSR count). The van der Waals surface area contributed by atoms with E-state index in [1.807, 2.05) is 18.2 Å². The summed E-state index contributed by atoms with van der Waals surface area (Å²) in [5, 5.41) is 0. The molecule has 2 heterocycles. The molecule has 3 N–H and O–H groups in total. The highest BCUT2D eigenvalue weighted by Crippen LogP contribution is 2.26. The van der Waals surface area contributed by atoms with E-state index in [4.69, 9.17) is 5.84 Å². The predicted octanol–water partition coefficient (Wildman–Crippen LogP) is 3.42. The summed E-state index contributed by atoms with van der Waals surface area (Å²) >= 11 is 8.54. The molecule has 0 fully saturated rings. The lowest BCUT2D eigenvalue weighted by Crippen LogP contribution is -2.30. The van der Waals surface area contributed by atoms with Crippen LogP contribution in [-0.2, 0) is 6.42 Å². The second kappa shape index (κ2) is 6.06. The fourth-order valence-electron chi connectivity index (χ4n) is 1.50. The largest absolute Gasteiger partial charge is 0.271 e. The minimum absolute atomic E-state index is 0.0358. The average molecular weight is 377 g/mol. The molecule has 2 aromatic rings. The Kier molecular flexibility index (Phi) is 4.69. The van der Waals surface area contributed by atoms with Crippen molar-refractivity contribution in [3.8, 4) is 0 Å². The first-order chi connectivity index (χ1) is 8.19. The van der Waals surface area contributed by atoms with Crippen molar-refractivity contribution in [2.24, 2.45) is 5.84 Å². The summed E-state index contributed by atoms with van der Waals surface area (Å²) in [6.07, 6.45) is 2.62. The van der Waals surface area contributed by atoms with Crippen molar-refractivity contribution in [1.29, 1.82) is 0 Å². The molecule has 6 heteroatoms. The topological polar surface area (TPSA) is 50.9 Å². The molecule has 0 radical (unpaired) electrons. The molecule has 1 unspecified atom stereocenters. The van der Waals surface area contributed by atoms with Gasteiger partial charge in [0.15, 0.2) is 0 Å². The fraction of sp³-hybridized carbons (Fsp3) is 0.182. The monoisotopic (exact) mass is 375 g/mol. The van der Waals surface area contributed by atoms with Crippen LogP contribution in [0.3, 0.4) is 0 Å². The lowest BCUT2D eigenvalue weighted by Gasteiger charge is -2.14. The second-order valence-corrected chi connectivity index (χ2v) is 6.99. The van der Waals surface area contributed by atoms with Crippen LogP contribution in [0.1, 0.15) is 16.6 Å². The number of nitrogens with one attached hydrogen (secondary N) is 1. The summed E-state index contributed by atoms with van der Waals surface area (Å²) in [4.78, 5) is 5.62. The predicted molar refractivity (Wildman–Crippen MR) is 77.7 cm³/mol. The van der Waals surface area contributed by atoms with Crippen LogP contribution < -0.4 is 11.3 Å². The highest BCUT2D eigenvalue weighted by atomic mass is 79.9. The van der Waals surface area contributed by atoms with E-state index in [0.29, 0.717) is 0 Å². The number of nitrogens with zero attached hydrogens (tertiary/aromatic N) is 1. The van der Waals surface area contributed by atoms with Crippen molar-refractivity contribution in [3.05, 3.63) is 49.3 Å². The molecule has 0 aliphatic carbocycles. The number of rotatable bonds is 4. The first-order valence-corrected chi connectivity index (χ1v) is 7.41. The van der Waals surface area contributed by atoms with Gasteiger partial charge >= 0.3 is 0 Å². The normalized spacial score (nSPS) is 12.6. The van der Waals surface area contributed by atoms with Crippen molar-refractivity contribution < 1.29 is 0 Å². The van der Waals surface area contributed by atoms with Gasteiger partial charge in [-0.1, -0.05) is 0 Å². The van der Waals surface area contributed by atoms with E-state index in [1.165, 1.54) is 4.88 Å². The summed E-state index contributed by atoms with van der Waals surface area (Å²) in [5.41, 5.74) is 3.75. The molecular weight excluding hydrogens is 366 g/mol. The maximum Gasteiger partial charge on any atom is 0.0701 e. The minimum Gasteiger partial charge on any atom is -0.271 e. The third-order valence-corrected chi connectivity index (χ3v) is 4.46. The van der Waals surface area contributed by atoms with Crippen molar-refractivity contribution in [2.75, 3.05) is 0 Å². The lowest BCUT2D eigenvalue weighted by molar-refractivity contribution is 0.542. The molecule has 0 saturated carbocycles. The summed E-state index contributed by atoms with van der Waals surface area (Å²) in [6.45, 7) is 0. The van der Waals surface area contributed by atoms with Gasteiger partial charge in [-0.3, -0.25) is 16.3 Å². The van der Waals surface area contributed by atoms with Crippen LogP contribution in [0.4, 0.5) is 0 Å². The zero-order valence-electron chi connectivity index (χ0n) is 8.86. The standard InChI is InChI=1S/C11H11Br2N3S/c12-7-1-3-9(15-6-7)10(16-14)5-8-2-4-11(13)17-8/h1-4,6,10,16H,5,14H2. The molecule has 90 valence electrons. The van der Waals surface area contributed by atoms with Crippen molar-refractivity contribution in [1.82, 2.24) is 10.4 Å². The van der Waals surface area contributed by atoms with Crippen LogP contribution in [0.15, 0.2) is 38.7 Å². The van der Waals surface area contributed by atoms with Gasteiger partial charge in [0.1, 0.15) is 0 Å². The quantitative estimate of drug-likeness (QED) is 0.634. The average Bonchev–Trinajstić information content (AvgIpc) is 2.73. The van der Waals surface area contributed by atoms with Gasteiger partial charge in [0, 0.05) is 22.0 Å². The molecule has 0 bridgehead atoms. The Morgan fingerprint density at radius 2 is 2.12 bits per heavy atom. The van der Waals surface area contributed by atoms with Crippen LogP contribution >= 0.6 is 43.2 Å². The summed E-state index contributed by atoms with van der Waals surface area (Å²) in [5.74, 6) is 5.59. The Morgan fingerprint density at radius 1 is 1.29 bits per heavy atom. The summed E-state index contributed by atoms with van der Waals surface area (Å²) in [6, 6.07) is 8.11. The highest BCUT2D eigenvalue weighted by molar-refractivity contribution is 9.11. The third-order valence-electron chi connectivity index (χ3n) is 2.34. The van der Waals surface area contributed by atoms with E-state index in [-0.39, 0.29) is 6.04 Å². The molecule has 17 heavy (non-hydrogen) atoms. The number of pyridine rings is 1. The van der Waals surface area contributed by atoms with Crippen LogP contribution in [0.25, 0.3) is 0 Å². The Bertz CT molecular complexity index is 484. The molecule has 0 saturated heterocycles. The fourth-order valence-corrected chi connectivity index (χ4v) is 3.27. The first kappa shape index (κ1) is 13.2. The number of hydrogen-bond acceptors (Lipinski definition) is 4. The summed E-state index contributed by atoms with van der Waals surface area (Å²) in [7, 11) is 0. The number of thiophene rings is 1. The van der Waals surface area contributed by atoms with Gasteiger partial charge in [0.05, 0.1) is 15.5 Å². The van der Waals surface area contributed by atoms with Crippen LogP contribution in [0.2, 0.25) is 0 Å². The number of halogens is 2. The number of aromatic nitrogens is 1. The highest BCUT2D eigenvalue weighted by Gasteiger charge is 2.13. The van der Waals surface area contributed by atoms with Gasteiger partial charge in [0.2, 0.25) is 0 Å². The van der Waals surface area contributed by atoms with Crippen LogP contribution in [0.5, 0.6) is 0 Å². The van der Waals surface area contributed by atoms with Crippen LogP contribution in [0, 0.1) is 0 Å². The van der Waals surface area contributed by atoms with Gasteiger partial charge in [-0.25, -0.2) is 0 Å².